The summed E-state index contributed by atoms with van der Waals surface area (Å²) in [6, 6.07) is 3.13. The molecule has 0 aliphatic carbocycles. The zero-order valence-electron chi connectivity index (χ0n) is 13.3. The van der Waals surface area contributed by atoms with Crippen LogP contribution in [0.3, 0.4) is 0 Å². The van der Waals surface area contributed by atoms with Gasteiger partial charge in [-0.05, 0) is 18.6 Å². The van der Waals surface area contributed by atoms with Gasteiger partial charge in [-0.1, -0.05) is 13.3 Å². The fraction of sp³-hybridized carbons (Fsp3) is 0.500. The van der Waals surface area contributed by atoms with Crippen molar-refractivity contribution < 1.29 is 28.9 Å². The summed E-state index contributed by atoms with van der Waals surface area (Å²) < 4.78 is 16.2. The molecule has 1 heterocycles. The maximum atomic E-state index is 12.3. The van der Waals surface area contributed by atoms with Gasteiger partial charge in [0.1, 0.15) is 13.2 Å². The lowest BCUT2D eigenvalue weighted by molar-refractivity contribution is -0.141. The molecule has 0 saturated heterocycles. The highest BCUT2D eigenvalue weighted by molar-refractivity contribution is 5.95. The molecule has 1 aliphatic heterocycles. The fourth-order valence-electron chi connectivity index (χ4n) is 2.38. The van der Waals surface area contributed by atoms with Crippen LogP contribution in [0.4, 0.5) is 0 Å². The van der Waals surface area contributed by atoms with E-state index in [-0.39, 0.29) is 12.5 Å². The van der Waals surface area contributed by atoms with E-state index < -0.39 is 11.9 Å². The van der Waals surface area contributed by atoms with Crippen molar-refractivity contribution in [2.45, 2.75) is 19.8 Å². The number of ether oxygens (including phenoxy) is 3. The minimum Gasteiger partial charge on any atom is -0.493 e. The summed E-state index contributed by atoms with van der Waals surface area (Å²) in [6.07, 6.45) is 1.25. The first-order valence-corrected chi connectivity index (χ1v) is 7.55. The van der Waals surface area contributed by atoms with Crippen molar-refractivity contribution >= 4 is 11.9 Å². The molecule has 1 atom stereocenters. The number of carbonyl (C=O) groups is 2. The van der Waals surface area contributed by atoms with E-state index in [2.05, 4.69) is 5.32 Å². The average Bonchev–Trinajstić information content (AvgIpc) is 2.56. The number of methoxy groups -OCH3 is 1. The van der Waals surface area contributed by atoms with Crippen LogP contribution in [0.1, 0.15) is 30.1 Å². The van der Waals surface area contributed by atoms with Crippen molar-refractivity contribution in [3.63, 3.8) is 0 Å². The molecule has 0 aromatic heterocycles. The number of fused-ring (bicyclic) bond motifs is 1. The van der Waals surface area contributed by atoms with Crippen molar-refractivity contribution in [3.8, 4) is 17.2 Å². The Morgan fingerprint density at radius 2 is 2.09 bits per heavy atom. The van der Waals surface area contributed by atoms with E-state index in [0.717, 1.165) is 6.42 Å². The lowest BCUT2D eigenvalue weighted by Crippen LogP contribution is -2.33. The SMILES string of the molecule is CCCC(CNC(=O)c1cc(OC)c2c(c1)OCCO2)C(=O)O. The van der Waals surface area contributed by atoms with Gasteiger partial charge in [0.05, 0.1) is 13.0 Å². The Bertz CT molecular complexity index is 569. The number of carboxylic acid groups (broad SMARTS) is 1. The number of hydrogen-bond donors (Lipinski definition) is 2. The molecule has 0 radical (unpaired) electrons. The first kappa shape index (κ1) is 16.9. The van der Waals surface area contributed by atoms with Crippen LogP contribution >= 0.6 is 0 Å². The Labute approximate surface area is 134 Å². The molecule has 1 aromatic carbocycles. The summed E-state index contributed by atoms with van der Waals surface area (Å²) >= 11 is 0. The van der Waals surface area contributed by atoms with Crippen LogP contribution in [0, 0.1) is 5.92 Å². The third-order valence-electron chi connectivity index (χ3n) is 3.59. The third kappa shape index (κ3) is 4.06. The van der Waals surface area contributed by atoms with Gasteiger partial charge in [-0.15, -0.1) is 0 Å². The topological polar surface area (TPSA) is 94.1 Å². The Balaban J connectivity index is 2.11. The minimum absolute atomic E-state index is 0.0821. The van der Waals surface area contributed by atoms with Crippen LogP contribution in [0.25, 0.3) is 0 Å². The summed E-state index contributed by atoms with van der Waals surface area (Å²) in [4.78, 5) is 23.4. The number of rotatable bonds is 7. The lowest BCUT2D eigenvalue weighted by atomic mass is 10.0. The Morgan fingerprint density at radius 3 is 2.74 bits per heavy atom. The highest BCUT2D eigenvalue weighted by Gasteiger charge is 2.22. The Morgan fingerprint density at radius 1 is 1.35 bits per heavy atom. The molecule has 23 heavy (non-hydrogen) atoms. The molecule has 0 spiro atoms. The number of carboxylic acids is 1. The van der Waals surface area contributed by atoms with Crippen LogP contribution in [0.15, 0.2) is 12.1 Å². The highest BCUT2D eigenvalue weighted by Crippen LogP contribution is 2.40. The predicted molar refractivity (Wildman–Crippen MR) is 82.4 cm³/mol. The minimum atomic E-state index is -0.910. The number of nitrogens with one attached hydrogen (secondary N) is 1. The van der Waals surface area contributed by atoms with Crippen LogP contribution in [-0.2, 0) is 4.79 Å². The summed E-state index contributed by atoms with van der Waals surface area (Å²) in [5.41, 5.74) is 0.340. The van der Waals surface area contributed by atoms with Crippen molar-refractivity contribution in [1.29, 1.82) is 0 Å². The largest absolute Gasteiger partial charge is 0.493 e. The summed E-state index contributed by atoms with van der Waals surface area (Å²) in [5, 5.41) is 11.8. The number of benzene rings is 1. The molecule has 126 valence electrons. The second kappa shape index (κ2) is 7.71. The summed E-state index contributed by atoms with van der Waals surface area (Å²) in [7, 11) is 1.48. The van der Waals surface area contributed by atoms with Crippen LogP contribution in [0.5, 0.6) is 17.2 Å². The van der Waals surface area contributed by atoms with E-state index in [4.69, 9.17) is 19.3 Å². The van der Waals surface area contributed by atoms with Gasteiger partial charge in [0.25, 0.3) is 5.91 Å². The smallest absolute Gasteiger partial charge is 0.308 e. The summed E-state index contributed by atoms with van der Waals surface area (Å²) in [6.45, 7) is 2.81. The molecule has 1 aliphatic rings. The monoisotopic (exact) mass is 323 g/mol. The van der Waals surface area contributed by atoms with Gasteiger partial charge in [-0.3, -0.25) is 9.59 Å². The molecule has 0 saturated carbocycles. The standard InChI is InChI=1S/C16H21NO6/c1-3-4-10(16(19)20)9-17-15(18)11-7-12(21-2)14-13(8-11)22-5-6-23-14/h7-8,10H,3-6,9H2,1-2H3,(H,17,18)(H,19,20). The molecule has 1 unspecified atom stereocenters. The zero-order valence-corrected chi connectivity index (χ0v) is 13.3. The fourth-order valence-corrected chi connectivity index (χ4v) is 2.38. The van der Waals surface area contributed by atoms with Crippen molar-refractivity contribution in [2.24, 2.45) is 5.92 Å². The number of carbonyl (C=O) groups excluding carboxylic acids is 1. The maximum absolute atomic E-state index is 12.3. The maximum Gasteiger partial charge on any atom is 0.308 e. The second-order valence-electron chi connectivity index (χ2n) is 5.24. The third-order valence-corrected chi connectivity index (χ3v) is 3.59. The first-order chi connectivity index (χ1) is 11.1. The Kier molecular flexibility index (Phi) is 5.67. The molecule has 0 bridgehead atoms. The number of hydrogen-bond acceptors (Lipinski definition) is 5. The Hall–Kier alpha value is -2.44. The number of aliphatic carboxylic acids is 1. The molecule has 2 N–H and O–H groups in total. The van der Waals surface area contributed by atoms with Gasteiger partial charge in [0.15, 0.2) is 11.5 Å². The van der Waals surface area contributed by atoms with Crippen LogP contribution in [-0.4, -0.2) is 43.9 Å². The van der Waals surface area contributed by atoms with E-state index in [9.17, 15) is 9.59 Å². The van der Waals surface area contributed by atoms with Crippen molar-refractivity contribution in [2.75, 3.05) is 26.9 Å². The van der Waals surface area contributed by atoms with Gasteiger partial charge < -0.3 is 24.6 Å². The molecule has 7 heteroatoms. The van der Waals surface area contributed by atoms with Gasteiger partial charge in [0.2, 0.25) is 5.75 Å². The van der Waals surface area contributed by atoms with Crippen LogP contribution < -0.4 is 19.5 Å². The quantitative estimate of drug-likeness (QED) is 0.793. The van der Waals surface area contributed by atoms with Gasteiger partial charge in [-0.25, -0.2) is 0 Å². The normalized spacial score (nSPS) is 14.0. The van der Waals surface area contributed by atoms with Gasteiger partial charge in [-0.2, -0.15) is 0 Å². The predicted octanol–water partition coefficient (Wildman–Crippen LogP) is 1.70. The molecule has 1 amide bonds. The lowest BCUT2D eigenvalue weighted by Gasteiger charge is -2.21. The zero-order chi connectivity index (χ0) is 16.8. The molecular formula is C16H21NO6. The van der Waals surface area contributed by atoms with E-state index >= 15 is 0 Å². The van der Waals surface area contributed by atoms with E-state index in [1.165, 1.54) is 7.11 Å². The molecular weight excluding hydrogens is 302 g/mol. The van der Waals surface area contributed by atoms with E-state index in [1.807, 2.05) is 6.92 Å². The molecule has 1 aromatic rings. The van der Waals surface area contributed by atoms with Crippen LogP contribution in [0.2, 0.25) is 0 Å². The number of amides is 1. The second-order valence-corrected chi connectivity index (χ2v) is 5.24. The molecule has 7 nitrogen and oxygen atoms in total. The molecule has 2 rings (SSSR count). The molecule has 0 fully saturated rings. The highest BCUT2D eigenvalue weighted by atomic mass is 16.6. The van der Waals surface area contributed by atoms with E-state index in [0.29, 0.717) is 42.4 Å². The van der Waals surface area contributed by atoms with Gasteiger partial charge >= 0.3 is 5.97 Å². The van der Waals surface area contributed by atoms with E-state index in [1.54, 1.807) is 12.1 Å². The average molecular weight is 323 g/mol. The van der Waals surface area contributed by atoms with Gasteiger partial charge in [0, 0.05) is 12.1 Å². The summed E-state index contributed by atoms with van der Waals surface area (Å²) in [5.74, 6) is -0.540. The van der Waals surface area contributed by atoms with Crippen molar-refractivity contribution in [1.82, 2.24) is 5.32 Å². The van der Waals surface area contributed by atoms with Crippen molar-refractivity contribution in [3.05, 3.63) is 17.7 Å². The first-order valence-electron chi connectivity index (χ1n) is 7.55.